The minimum atomic E-state index is -1.72. The van der Waals surface area contributed by atoms with Crippen molar-refractivity contribution in [2.45, 2.75) is 57.8 Å². The number of Topliss-reactive ketones (excluding diaryl/α,β-unsaturated/α-hetero) is 1. The zero-order valence-corrected chi connectivity index (χ0v) is 21.8. The lowest BCUT2D eigenvalue weighted by Crippen LogP contribution is -2.33. The molecule has 0 aromatic heterocycles. The molecule has 35 heavy (non-hydrogen) atoms. The van der Waals surface area contributed by atoms with Crippen molar-refractivity contribution in [3.63, 3.8) is 0 Å². The highest BCUT2D eigenvalue weighted by atomic mass is 31.2. The lowest BCUT2D eigenvalue weighted by atomic mass is 10.1. The maximum atomic E-state index is 11.7. The van der Waals surface area contributed by atoms with Crippen molar-refractivity contribution >= 4 is 34.9 Å². The van der Waals surface area contributed by atoms with E-state index >= 15 is 0 Å². The monoisotopic (exact) mass is 489 g/mol. The Bertz CT molecular complexity index is 922. The van der Waals surface area contributed by atoms with E-state index in [1.54, 1.807) is 0 Å². The molecule has 0 aliphatic heterocycles. The van der Waals surface area contributed by atoms with Crippen LogP contribution in [0.25, 0.3) is 0 Å². The Kier molecular flexibility index (Phi) is 11.2. The maximum absolute atomic E-state index is 11.7. The second-order valence-electron chi connectivity index (χ2n) is 9.06. The smallest absolute Gasteiger partial charge is 0.313 e. The first-order valence-corrected chi connectivity index (χ1v) is 14.8. The summed E-state index contributed by atoms with van der Waals surface area (Å²) in [5, 5.41) is 4.36. The molecule has 0 unspecified atom stereocenters. The van der Waals surface area contributed by atoms with Crippen LogP contribution in [0.3, 0.4) is 0 Å². The van der Waals surface area contributed by atoms with Crippen molar-refractivity contribution in [2.75, 3.05) is 13.3 Å². The molecule has 0 fully saturated rings. The quantitative estimate of drug-likeness (QED) is 0.110. The van der Waals surface area contributed by atoms with Gasteiger partial charge in [0.15, 0.2) is 0 Å². The molecule has 3 nitrogen and oxygen atoms in total. The van der Waals surface area contributed by atoms with Crippen molar-refractivity contribution in [2.24, 2.45) is 0 Å². The first-order chi connectivity index (χ1) is 17.2. The maximum Gasteiger partial charge on any atom is 0.313 e. The van der Waals surface area contributed by atoms with Crippen molar-refractivity contribution in [3.8, 4) is 0 Å². The first-order valence-electron chi connectivity index (χ1n) is 12.8. The van der Waals surface area contributed by atoms with E-state index in [2.05, 4.69) is 95.7 Å². The Morgan fingerprint density at radius 1 is 0.600 bits per heavy atom. The van der Waals surface area contributed by atoms with Gasteiger partial charge < -0.3 is 4.74 Å². The van der Waals surface area contributed by atoms with Gasteiger partial charge in [-0.05, 0) is 55.7 Å². The van der Waals surface area contributed by atoms with Crippen LogP contribution >= 0.6 is 7.26 Å². The van der Waals surface area contributed by atoms with E-state index in [1.807, 2.05) is 0 Å². The molecule has 3 rings (SSSR count). The predicted molar refractivity (Wildman–Crippen MR) is 149 cm³/mol. The van der Waals surface area contributed by atoms with Gasteiger partial charge in [-0.3, -0.25) is 9.59 Å². The molecule has 3 aromatic carbocycles. The third kappa shape index (κ3) is 7.87. The van der Waals surface area contributed by atoms with Gasteiger partial charge >= 0.3 is 5.97 Å². The molecule has 4 heteroatoms. The molecule has 0 amide bonds. The number of rotatable bonds is 15. The average Bonchev–Trinajstić information content (AvgIpc) is 2.91. The van der Waals surface area contributed by atoms with Gasteiger partial charge in [0.1, 0.15) is 35.4 Å². The Labute approximate surface area is 211 Å². The molecular formula is C31H38O3P+. The summed E-state index contributed by atoms with van der Waals surface area (Å²) in [7, 11) is -0.400. The lowest BCUT2D eigenvalue weighted by molar-refractivity contribution is -0.143. The predicted octanol–water partition coefficient (Wildman–Crippen LogP) is 6.23. The van der Waals surface area contributed by atoms with E-state index in [0.29, 0.717) is 6.42 Å². The standard InChI is InChI=1S/C31H38O3P/c1-34-31(33)26-27(32)18-10-5-3-2-4-6-17-25-35(28-19-11-7-12-20-28,29-21-13-8-14-22-29)30-23-15-9-16-24-30/h7-9,11-16,19-24H,2-6,10,17-18,25-26H2,1H3/q+1. The van der Waals surface area contributed by atoms with Crippen LogP contribution in [0.5, 0.6) is 0 Å². The first kappa shape index (κ1) is 26.8. The Morgan fingerprint density at radius 3 is 1.43 bits per heavy atom. The Balaban J connectivity index is 1.56. The van der Waals surface area contributed by atoms with Crippen LogP contribution in [-0.4, -0.2) is 25.0 Å². The number of hydrogen-bond acceptors (Lipinski definition) is 3. The van der Waals surface area contributed by atoms with E-state index in [-0.39, 0.29) is 12.2 Å². The molecule has 0 saturated carbocycles. The summed E-state index contributed by atoms with van der Waals surface area (Å²) in [5.41, 5.74) is 0. The molecule has 0 atom stereocenters. The van der Waals surface area contributed by atoms with Crippen LogP contribution in [0.1, 0.15) is 57.8 Å². The number of ketones is 1. The zero-order valence-electron chi connectivity index (χ0n) is 20.9. The number of esters is 1. The fraction of sp³-hybridized carbons (Fsp3) is 0.355. The van der Waals surface area contributed by atoms with Gasteiger partial charge in [0.25, 0.3) is 0 Å². The molecule has 0 N–H and O–H groups in total. The number of hydrogen-bond donors (Lipinski definition) is 0. The van der Waals surface area contributed by atoms with E-state index in [0.717, 1.165) is 19.3 Å². The summed E-state index contributed by atoms with van der Waals surface area (Å²) in [6.07, 6.45) is 9.43. The van der Waals surface area contributed by atoms with E-state index in [1.165, 1.54) is 54.9 Å². The number of carbonyl (C=O) groups is 2. The molecular weight excluding hydrogens is 451 g/mol. The molecule has 184 valence electrons. The van der Waals surface area contributed by atoms with E-state index in [9.17, 15) is 9.59 Å². The molecule has 3 aromatic rings. The topological polar surface area (TPSA) is 43.4 Å². The normalized spacial score (nSPS) is 11.2. The fourth-order valence-corrected chi connectivity index (χ4v) is 9.17. The molecule has 0 bridgehead atoms. The van der Waals surface area contributed by atoms with Crippen LogP contribution in [0, 0.1) is 0 Å². The van der Waals surface area contributed by atoms with Crippen molar-refractivity contribution < 1.29 is 14.3 Å². The van der Waals surface area contributed by atoms with Gasteiger partial charge in [-0.25, -0.2) is 0 Å². The van der Waals surface area contributed by atoms with Crippen molar-refractivity contribution in [1.82, 2.24) is 0 Å². The number of methoxy groups -OCH3 is 1. The Hall–Kier alpha value is -2.77. The van der Waals surface area contributed by atoms with Crippen LogP contribution in [0.15, 0.2) is 91.0 Å². The molecule has 0 saturated heterocycles. The van der Waals surface area contributed by atoms with Crippen LogP contribution in [0.2, 0.25) is 0 Å². The van der Waals surface area contributed by atoms with Crippen molar-refractivity contribution in [3.05, 3.63) is 91.0 Å². The van der Waals surface area contributed by atoms with E-state index < -0.39 is 13.2 Å². The Morgan fingerprint density at radius 2 is 1.00 bits per heavy atom. The zero-order chi connectivity index (χ0) is 24.8. The van der Waals surface area contributed by atoms with Crippen LogP contribution in [0.4, 0.5) is 0 Å². The molecule has 0 heterocycles. The summed E-state index contributed by atoms with van der Waals surface area (Å²) in [4.78, 5) is 22.9. The second kappa shape index (κ2) is 14.6. The number of carbonyl (C=O) groups excluding carboxylic acids is 2. The van der Waals surface area contributed by atoms with Gasteiger partial charge in [0.05, 0.1) is 13.3 Å². The highest BCUT2D eigenvalue weighted by molar-refractivity contribution is 7.95. The highest BCUT2D eigenvalue weighted by Gasteiger charge is 2.44. The largest absolute Gasteiger partial charge is 0.469 e. The van der Waals surface area contributed by atoms with Crippen LogP contribution < -0.4 is 15.9 Å². The highest BCUT2D eigenvalue weighted by Crippen LogP contribution is 2.55. The second-order valence-corrected chi connectivity index (χ2v) is 12.7. The molecule has 0 spiro atoms. The average molecular weight is 490 g/mol. The summed E-state index contributed by atoms with van der Waals surface area (Å²) in [6.45, 7) is 0. The van der Waals surface area contributed by atoms with Gasteiger partial charge in [-0.15, -0.1) is 0 Å². The van der Waals surface area contributed by atoms with E-state index in [4.69, 9.17) is 0 Å². The van der Waals surface area contributed by atoms with Crippen molar-refractivity contribution in [1.29, 1.82) is 0 Å². The summed E-state index contributed by atoms with van der Waals surface area (Å²) < 4.78 is 4.55. The third-order valence-corrected chi connectivity index (χ3v) is 11.1. The molecule has 0 aliphatic rings. The fourth-order valence-electron chi connectivity index (χ4n) is 4.76. The minimum absolute atomic E-state index is 0.0140. The molecule has 0 radical (unpaired) electrons. The van der Waals surface area contributed by atoms with Gasteiger partial charge in [-0.2, -0.15) is 0 Å². The summed E-state index contributed by atoms with van der Waals surface area (Å²) in [6, 6.07) is 33.2. The SMILES string of the molecule is COC(=O)CC(=O)CCCCCCCCC[P+](c1ccccc1)(c1ccccc1)c1ccccc1. The number of ether oxygens (including phenoxy) is 1. The van der Waals surface area contributed by atoms with Crippen LogP contribution in [-0.2, 0) is 14.3 Å². The van der Waals surface area contributed by atoms with Gasteiger partial charge in [0.2, 0.25) is 0 Å². The van der Waals surface area contributed by atoms with Gasteiger partial charge in [-0.1, -0.05) is 80.3 Å². The summed E-state index contributed by atoms with van der Waals surface area (Å²) in [5.74, 6) is -0.449. The lowest BCUT2D eigenvalue weighted by Gasteiger charge is -2.27. The third-order valence-electron chi connectivity index (χ3n) is 6.61. The van der Waals surface area contributed by atoms with Gasteiger partial charge in [0, 0.05) is 6.42 Å². The number of unbranched alkanes of at least 4 members (excludes halogenated alkanes) is 6. The minimum Gasteiger partial charge on any atom is -0.469 e. The molecule has 0 aliphatic carbocycles. The number of benzene rings is 3. The summed E-state index contributed by atoms with van der Waals surface area (Å²) >= 11 is 0.